The molecule has 5 N–H and O–H groups in total. The summed E-state index contributed by atoms with van der Waals surface area (Å²) in [5, 5.41) is 24.1. The topological polar surface area (TPSA) is 215 Å². The summed E-state index contributed by atoms with van der Waals surface area (Å²) in [5.41, 5.74) is 6.54. The molecule has 2 aromatic heterocycles. The van der Waals surface area contributed by atoms with Crippen LogP contribution in [0.2, 0.25) is 5.02 Å². The summed E-state index contributed by atoms with van der Waals surface area (Å²) in [5.74, 6) is 0.562. The summed E-state index contributed by atoms with van der Waals surface area (Å²) in [6.45, 7) is 16.3. The number of aromatic nitrogens is 3. The third kappa shape index (κ3) is 15.4. The highest BCUT2D eigenvalue weighted by Gasteiger charge is 2.44. The molecule has 3 aliphatic rings. The highest BCUT2D eigenvalue weighted by atomic mass is 35.5. The number of hydrogen-bond acceptors (Lipinski definition) is 15. The fourth-order valence-corrected chi connectivity index (χ4v) is 12.8. The summed E-state index contributed by atoms with van der Waals surface area (Å²) < 4.78 is 18.8. The van der Waals surface area contributed by atoms with E-state index in [1.54, 1.807) is 31.8 Å². The number of nitrogens with one attached hydrogen (secondary N) is 4. The van der Waals surface area contributed by atoms with Gasteiger partial charge in [-0.25, -0.2) is 9.97 Å². The lowest BCUT2D eigenvalue weighted by atomic mass is 9.85. The van der Waals surface area contributed by atoms with Gasteiger partial charge in [-0.05, 0) is 86.7 Å². The number of likely N-dealkylation sites (tertiary alicyclic amines) is 1. The molecule has 4 amide bonds. The van der Waals surface area contributed by atoms with E-state index in [2.05, 4.69) is 52.1 Å². The molecule has 5 heterocycles. The van der Waals surface area contributed by atoms with Crippen LogP contribution in [-0.4, -0.2) is 149 Å². The first-order chi connectivity index (χ1) is 37.7. The minimum Gasteiger partial charge on any atom is -0.494 e. The Hall–Kier alpha value is -6.11. The van der Waals surface area contributed by atoms with Gasteiger partial charge in [0.05, 0.1) is 46.9 Å². The third-order valence-corrected chi connectivity index (χ3v) is 18.0. The zero-order valence-electron chi connectivity index (χ0n) is 46.6. The molecule has 21 heteroatoms. The molecule has 3 unspecified atom stereocenters. The molecule has 18 nitrogen and oxygen atoms in total. The number of benzene rings is 3. The van der Waals surface area contributed by atoms with E-state index in [9.17, 15) is 28.8 Å². The van der Waals surface area contributed by atoms with Crippen molar-refractivity contribution in [3.63, 3.8) is 0 Å². The predicted molar refractivity (Wildman–Crippen MR) is 315 cm³/mol. The number of aliphatic hydroxyl groups excluding tert-OH is 1. The van der Waals surface area contributed by atoms with Crippen molar-refractivity contribution in [2.45, 2.75) is 116 Å². The number of piperazine rings is 1. The summed E-state index contributed by atoms with van der Waals surface area (Å²) in [6.07, 6.45) is 6.49. The van der Waals surface area contributed by atoms with Crippen LogP contribution in [0.15, 0.2) is 78.4 Å². The lowest BCUT2D eigenvalue weighted by molar-refractivity contribution is -0.144. The van der Waals surface area contributed by atoms with E-state index in [-0.39, 0.29) is 49.6 Å². The molecular formula is C58H77ClN11O7PS. The smallest absolute Gasteiger partial charge is 0.246 e. The van der Waals surface area contributed by atoms with E-state index in [1.165, 1.54) is 11.1 Å². The summed E-state index contributed by atoms with van der Waals surface area (Å²) >= 11 is 8.08. The van der Waals surface area contributed by atoms with Gasteiger partial charge in [-0.1, -0.05) is 81.6 Å². The largest absolute Gasteiger partial charge is 0.494 e. The van der Waals surface area contributed by atoms with Gasteiger partial charge in [0.2, 0.25) is 29.6 Å². The van der Waals surface area contributed by atoms with E-state index in [4.69, 9.17) is 16.3 Å². The molecule has 0 aliphatic carbocycles. The highest BCUT2D eigenvalue weighted by molar-refractivity contribution is 7.70. The number of halogens is 1. The summed E-state index contributed by atoms with van der Waals surface area (Å²) in [4.78, 5) is 77.0. The normalized spacial score (nSPS) is 17.8. The minimum atomic E-state index is -2.57. The Morgan fingerprint density at radius 2 is 1.59 bits per heavy atom. The zero-order valence-corrected chi connectivity index (χ0v) is 49.1. The SMILES string of the molecule is COc1cc(N2CCC(N3CCN(C(=O)CCCCCCC(=O)NC(C(=O)N4CC(O)CC4C(=O)NCc4ccc(-c5scnc5C)cc4)C(C)(C)C)CC3)CC2)ccc1Nc1ncc(Cl)c(Nc2ccccc2P(C)(C)=O)n1. The van der Waals surface area contributed by atoms with Crippen molar-refractivity contribution in [2.75, 3.05) is 81.8 Å². The molecule has 3 fully saturated rings. The molecular weight excluding hydrogens is 1060 g/mol. The number of para-hydroxylation sites is 1. The number of carbonyl (C=O) groups excluding carboxylic acids is 4. The monoisotopic (exact) mass is 1140 g/mol. The van der Waals surface area contributed by atoms with Gasteiger partial charge < -0.3 is 50.4 Å². The van der Waals surface area contributed by atoms with Crippen molar-refractivity contribution in [1.29, 1.82) is 0 Å². The van der Waals surface area contributed by atoms with Crippen molar-refractivity contribution < 1.29 is 33.6 Å². The Morgan fingerprint density at radius 3 is 2.27 bits per heavy atom. The van der Waals surface area contributed by atoms with Crippen LogP contribution in [0.3, 0.4) is 0 Å². The van der Waals surface area contributed by atoms with Crippen LogP contribution in [0.4, 0.5) is 28.8 Å². The molecule has 8 rings (SSSR count). The first-order valence-electron chi connectivity index (χ1n) is 27.5. The number of methoxy groups -OCH3 is 1. The maximum absolute atomic E-state index is 14.1. The number of unbranched alkanes of at least 4 members (excludes halogenated alkanes) is 3. The van der Waals surface area contributed by atoms with Crippen molar-refractivity contribution in [1.82, 2.24) is 40.3 Å². The Labute approximate surface area is 473 Å². The molecule has 3 aliphatic heterocycles. The number of nitrogens with zero attached hydrogens (tertiary/aromatic N) is 7. The summed E-state index contributed by atoms with van der Waals surface area (Å²) in [7, 11) is -0.931. The van der Waals surface area contributed by atoms with Crippen molar-refractivity contribution >= 4 is 87.8 Å². The van der Waals surface area contributed by atoms with Crippen LogP contribution in [0.25, 0.3) is 10.4 Å². The number of amides is 4. The number of rotatable bonds is 21. The maximum atomic E-state index is 14.1. The minimum absolute atomic E-state index is 0.0126. The number of hydrogen-bond donors (Lipinski definition) is 5. The zero-order chi connectivity index (χ0) is 56.4. The lowest BCUT2D eigenvalue weighted by Crippen LogP contribution is -2.57. The number of ether oxygens (including phenoxy) is 1. The first-order valence-corrected chi connectivity index (χ1v) is 31.3. The number of carbonyl (C=O) groups is 4. The second-order valence-corrected chi connectivity index (χ2v) is 26.8. The fourth-order valence-electron chi connectivity index (χ4n) is 10.7. The Kier molecular flexibility index (Phi) is 19.8. The Morgan fingerprint density at radius 1 is 0.886 bits per heavy atom. The second kappa shape index (κ2) is 26.4. The molecule has 424 valence electrons. The number of aliphatic hydroxyl groups is 1. The van der Waals surface area contributed by atoms with Gasteiger partial charge >= 0.3 is 0 Å². The summed E-state index contributed by atoms with van der Waals surface area (Å²) in [6, 6.07) is 20.1. The second-order valence-electron chi connectivity index (χ2n) is 22.4. The molecule has 3 atom stereocenters. The third-order valence-electron chi connectivity index (χ3n) is 15.2. The molecule has 0 spiro atoms. The molecule has 5 aromatic rings. The maximum Gasteiger partial charge on any atom is 0.246 e. The van der Waals surface area contributed by atoms with Gasteiger partial charge in [-0.2, -0.15) is 4.98 Å². The van der Waals surface area contributed by atoms with Gasteiger partial charge in [0.25, 0.3) is 0 Å². The van der Waals surface area contributed by atoms with Gasteiger partial charge in [-0.15, -0.1) is 11.3 Å². The average molecular weight is 1140 g/mol. The van der Waals surface area contributed by atoms with Crippen LogP contribution < -0.4 is 36.2 Å². The molecule has 0 radical (unpaired) electrons. The number of β-amino-alcohol motifs (C(OH)–C–C–N with tert-alkyl or cyclic N) is 1. The van der Waals surface area contributed by atoms with E-state index in [1.807, 2.05) is 98.8 Å². The highest BCUT2D eigenvalue weighted by Crippen LogP contribution is 2.39. The molecule has 3 aromatic carbocycles. The van der Waals surface area contributed by atoms with E-state index in [0.29, 0.717) is 71.2 Å². The molecule has 79 heavy (non-hydrogen) atoms. The first kappa shape index (κ1) is 59.0. The van der Waals surface area contributed by atoms with Gasteiger partial charge in [-0.3, -0.25) is 24.1 Å². The number of anilines is 5. The van der Waals surface area contributed by atoms with E-state index < -0.39 is 30.7 Å². The van der Waals surface area contributed by atoms with Gasteiger partial charge in [0.1, 0.15) is 30.0 Å². The quantitative estimate of drug-likeness (QED) is 0.0344. The van der Waals surface area contributed by atoms with E-state index >= 15 is 0 Å². The van der Waals surface area contributed by atoms with Crippen molar-refractivity contribution in [3.8, 4) is 16.2 Å². The van der Waals surface area contributed by atoms with Gasteiger partial charge in [0, 0.05) is 94.7 Å². The number of aryl methyl sites for hydroxylation is 1. The molecule has 0 bridgehead atoms. The van der Waals surface area contributed by atoms with Crippen LogP contribution in [0, 0.1) is 12.3 Å². The number of piperidine rings is 1. The van der Waals surface area contributed by atoms with Crippen LogP contribution in [-0.2, 0) is 30.3 Å². The van der Waals surface area contributed by atoms with Crippen molar-refractivity contribution in [3.05, 3.63) is 94.7 Å². The fraction of sp³-hybridized carbons (Fsp3) is 0.500. The predicted octanol–water partition coefficient (Wildman–Crippen LogP) is 8.57. The molecule has 0 saturated carbocycles. The van der Waals surface area contributed by atoms with E-state index in [0.717, 1.165) is 85.7 Å². The Bertz CT molecular complexity index is 2970. The standard InChI is InChI=1S/C58H77ClN11O7PS/c1-38-52(79-37-62-38)40-20-18-39(19-21-40)34-60-55(74)47-33-43(71)36-70(47)56(75)53(58(2,3)4)65-50(72)16-10-8-9-11-17-51(73)69-30-28-68(29-31-69)41-24-26-67(27-25-41)42-22-23-45(48(32-42)77-5)64-57-61-35-44(59)54(66-57)63-46-14-12-13-15-49(46)78(6,7)76/h12-15,18-23,32,35,37,41,43,47,53,71H,8-11,16-17,24-31,33-34,36H2,1-7H3,(H,60,74)(H,65,72)(H2,61,63,64,66). The number of thiazole rings is 1. The lowest BCUT2D eigenvalue weighted by Gasteiger charge is -2.43. The Balaban J connectivity index is 0.718. The van der Waals surface area contributed by atoms with Crippen LogP contribution >= 0.6 is 30.1 Å². The molecule has 3 saturated heterocycles. The average Bonchev–Trinajstić information content (AvgIpc) is 4.19. The van der Waals surface area contributed by atoms with Crippen molar-refractivity contribution in [2.24, 2.45) is 5.41 Å². The van der Waals surface area contributed by atoms with Crippen LogP contribution in [0.5, 0.6) is 5.75 Å². The van der Waals surface area contributed by atoms with Gasteiger partial charge in [0.15, 0.2) is 5.82 Å². The van der Waals surface area contributed by atoms with Crippen LogP contribution in [0.1, 0.15) is 89.8 Å².